The molecule has 0 aliphatic carbocycles. The minimum Gasteiger partial charge on any atom is -0.496 e. The summed E-state index contributed by atoms with van der Waals surface area (Å²) in [6, 6.07) is 11.4. The van der Waals surface area contributed by atoms with Gasteiger partial charge in [0, 0.05) is 5.39 Å². The Morgan fingerprint density at radius 2 is 1.95 bits per heavy atom. The lowest BCUT2D eigenvalue weighted by molar-refractivity contribution is 0.419. The number of fused-ring (bicyclic) bond motifs is 1. The standard InChI is InChI=1S/C13H13N5O/c1-19-11-7-6-10(8-4-2-3-5-9(8)11)12(14)13-15-17-18-16-13/h2-7,12H,14H2,1H3,(H,15,16,17,18). The lowest BCUT2D eigenvalue weighted by atomic mass is 9.98. The molecule has 0 spiro atoms. The van der Waals surface area contributed by atoms with Crippen LogP contribution in [0.3, 0.4) is 0 Å². The summed E-state index contributed by atoms with van der Waals surface area (Å²) < 4.78 is 5.36. The Kier molecular flexibility index (Phi) is 2.85. The molecule has 0 saturated carbocycles. The van der Waals surface area contributed by atoms with E-state index in [1.807, 2.05) is 36.4 Å². The van der Waals surface area contributed by atoms with Crippen molar-refractivity contribution in [3.8, 4) is 5.75 Å². The second kappa shape index (κ2) is 4.66. The third kappa shape index (κ3) is 1.92. The molecule has 3 N–H and O–H groups in total. The first-order valence-corrected chi connectivity index (χ1v) is 5.86. The number of rotatable bonds is 3. The molecular formula is C13H13N5O. The molecule has 6 heteroatoms. The molecule has 0 radical (unpaired) electrons. The highest BCUT2D eigenvalue weighted by Gasteiger charge is 2.17. The van der Waals surface area contributed by atoms with Crippen LogP contribution in [-0.4, -0.2) is 27.7 Å². The highest BCUT2D eigenvalue weighted by molar-refractivity contribution is 5.91. The van der Waals surface area contributed by atoms with Crippen LogP contribution in [0.1, 0.15) is 17.4 Å². The van der Waals surface area contributed by atoms with Gasteiger partial charge in [0.1, 0.15) is 5.75 Å². The van der Waals surface area contributed by atoms with Crippen molar-refractivity contribution in [2.75, 3.05) is 7.11 Å². The molecule has 1 aromatic heterocycles. The Morgan fingerprint density at radius 1 is 1.16 bits per heavy atom. The Morgan fingerprint density at radius 3 is 2.63 bits per heavy atom. The van der Waals surface area contributed by atoms with E-state index in [0.29, 0.717) is 5.82 Å². The largest absolute Gasteiger partial charge is 0.496 e. The first-order valence-electron chi connectivity index (χ1n) is 5.86. The zero-order valence-electron chi connectivity index (χ0n) is 10.4. The average molecular weight is 255 g/mol. The van der Waals surface area contributed by atoms with Crippen molar-refractivity contribution >= 4 is 10.8 Å². The SMILES string of the molecule is COc1ccc(C(N)c2nn[nH]n2)c2ccccc12. The van der Waals surface area contributed by atoms with Gasteiger partial charge in [0.2, 0.25) is 0 Å². The van der Waals surface area contributed by atoms with Crippen molar-refractivity contribution in [3.63, 3.8) is 0 Å². The second-order valence-corrected chi connectivity index (χ2v) is 4.15. The van der Waals surface area contributed by atoms with Crippen LogP contribution in [0, 0.1) is 0 Å². The lowest BCUT2D eigenvalue weighted by Gasteiger charge is -2.13. The molecule has 0 saturated heterocycles. The summed E-state index contributed by atoms with van der Waals surface area (Å²) in [5.74, 6) is 1.29. The van der Waals surface area contributed by atoms with Crippen LogP contribution in [0.25, 0.3) is 10.8 Å². The molecule has 2 aromatic carbocycles. The molecule has 0 aliphatic rings. The molecule has 1 atom stereocenters. The van der Waals surface area contributed by atoms with E-state index >= 15 is 0 Å². The van der Waals surface area contributed by atoms with Crippen molar-refractivity contribution in [2.24, 2.45) is 5.73 Å². The fourth-order valence-electron chi connectivity index (χ4n) is 2.18. The first-order chi connectivity index (χ1) is 9.31. The van der Waals surface area contributed by atoms with Gasteiger partial charge in [0.15, 0.2) is 5.82 Å². The molecule has 1 unspecified atom stereocenters. The summed E-state index contributed by atoms with van der Waals surface area (Å²) in [5.41, 5.74) is 7.13. The fourth-order valence-corrected chi connectivity index (χ4v) is 2.18. The van der Waals surface area contributed by atoms with E-state index in [9.17, 15) is 0 Å². The van der Waals surface area contributed by atoms with Crippen LogP contribution >= 0.6 is 0 Å². The molecule has 0 aliphatic heterocycles. The highest BCUT2D eigenvalue weighted by Crippen LogP contribution is 2.31. The zero-order valence-corrected chi connectivity index (χ0v) is 10.4. The van der Waals surface area contributed by atoms with Crippen molar-refractivity contribution in [1.82, 2.24) is 20.6 Å². The number of nitrogens with two attached hydrogens (primary N) is 1. The second-order valence-electron chi connectivity index (χ2n) is 4.15. The maximum atomic E-state index is 6.19. The number of methoxy groups -OCH3 is 1. The maximum Gasteiger partial charge on any atom is 0.195 e. The zero-order chi connectivity index (χ0) is 13.2. The van der Waals surface area contributed by atoms with Gasteiger partial charge in [0.05, 0.1) is 13.2 Å². The minimum absolute atomic E-state index is 0.422. The average Bonchev–Trinajstić information content (AvgIpc) is 2.99. The normalized spacial score (nSPS) is 12.5. The maximum absolute atomic E-state index is 6.19. The van der Waals surface area contributed by atoms with Gasteiger partial charge in [-0.1, -0.05) is 35.5 Å². The number of aromatic amines is 1. The number of nitrogens with one attached hydrogen (secondary N) is 1. The quantitative estimate of drug-likeness (QED) is 0.738. The monoisotopic (exact) mass is 255 g/mol. The molecule has 0 amide bonds. The third-order valence-electron chi connectivity index (χ3n) is 3.11. The number of tetrazole rings is 1. The number of benzene rings is 2. The van der Waals surface area contributed by atoms with Gasteiger partial charge in [-0.25, -0.2) is 0 Å². The number of aromatic nitrogens is 4. The Hall–Kier alpha value is -2.47. The van der Waals surface area contributed by atoms with Crippen molar-refractivity contribution in [3.05, 3.63) is 47.8 Å². The van der Waals surface area contributed by atoms with E-state index in [0.717, 1.165) is 22.1 Å². The Balaban J connectivity index is 2.20. The number of hydrogen-bond donors (Lipinski definition) is 2. The predicted molar refractivity (Wildman–Crippen MR) is 70.7 cm³/mol. The topological polar surface area (TPSA) is 89.7 Å². The summed E-state index contributed by atoms with van der Waals surface area (Å²) in [6.45, 7) is 0. The van der Waals surface area contributed by atoms with Gasteiger partial charge < -0.3 is 10.5 Å². The fraction of sp³-hybridized carbons (Fsp3) is 0.154. The molecule has 19 heavy (non-hydrogen) atoms. The predicted octanol–water partition coefficient (Wildman–Crippen LogP) is 1.41. The van der Waals surface area contributed by atoms with Crippen molar-refractivity contribution in [2.45, 2.75) is 6.04 Å². The van der Waals surface area contributed by atoms with Crippen LogP contribution in [0.5, 0.6) is 5.75 Å². The van der Waals surface area contributed by atoms with Gasteiger partial charge in [-0.2, -0.15) is 5.21 Å². The third-order valence-corrected chi connectivity index (χ3v) is 3.11. The number of ether oxygens (including phenoxy) is 1. The van der Waals surface area contributed by atoms with Crippen LogP contribution in [0.4, 0.5) is 0 Å². The van der Waals surface area contributed by atoms with Crippen molar-refractivity contribution < 1.29 is 4.74 Å². The van der Waals surface area contributed by atoms with Crippen LogP contribution < -0.4 is 10.5 Å². The van der Waals surface area contributed by atoms with Gasteiger partial charge in [-0.3, -0.25) is 0 Å². The summed E-state index contributed by atoms with van der Waals surface area (Å²) >= 11 is 0. The van der Waals surface area contributed by atoms with E-state index < -0.39 is 6.04 Å². The van der Waals surface area contributed by atoms with Gasteiger partial charge in [-0.15, -0.1) is 10.2 Å². The summed E-state index contributed by atoms with van der Waals surface area (Å²) in [6.07, 6.45) is 0. The molecule has 96 valence electrons. The highest BCUT2D eigenvalue weighted by atomic mass is 16.5. The Labute approximate surface area is 109 Å². The van der Waals surface area contributed by atoms with Gasteiger partial charge >= 0.3 is 0 Å². The molecular weight excluding hydrogens is 242 g/mol. The summed E-state index contributed by atoms with van der Waals surface area (Å²) in [4.78, 5) is 0. The van der Waals surface area contributed by atoms with E-state index in [1.54, 1.807) is 7.11 Å². The van der Waals surface area contributed by atoms with Gasteiger partial charge in [-0.05, 0) is 17.0 Å². The van der Waals surface area contributed by atoms with Gasteiger partial charge in [0.25, 0.3) is 0 Å². The molecule has 1 heterocycles. The van der Waals surface area contributed by atoms with Crippen molar-refractivity contribution in [1.29, 1.82) is 0 Å². The Bertz CT molecular complexity index is 695. The van der Waals surface area contributed by atoms with E-state index in [1.165, 1.54) is 0 Å². The lowest BCUT2D eigenvalue weighted by Crippen LogP contribution is -2.14. The molecule has 0 bridgehead atoms. The summed E-state index contributed by atoms with van der Waals surface area (Å²) in [5, 5.41) is 15.9. The molecule has 6 nitrogen and oxygen atoms in total. The molecule has 3 aromatic rings. The molecule has 3 rings (SSSR count). The summed E-state index contributed by atoms with van der Waals surface area (Å²) in [7, 11) is 1.65. The molecule has 0 fully saturated rings. The van der Waals surface area contributed by atoms with Crippen LogP contribution in [-0.2, 0) is 0 Å². The van der Waals surface area contributed by atoms with E-state index in [-0.39, 0.29) is 0 Å². The number of hydrogen-bond acceptors (Lipinski definition) is 5. The smallest absolute Gasteiger partial charge is 0.195 e. The minimum atomic E-state index is -0.422. The van der Waals surface area contributed by atoms with Crippen LogP contribution in [0.15, 0.2) is 36.4 Å². The number of nitrogens with zero attached hydrogens (tertiary/aromatic N) is 3. The van der Waals surface area contributed by atoms with Crippen LogP contribution in [0.2, 0.25) is 0 Å². The first kappa shape index (κ1) is 11.6. The van der Waals surface area contributed by atoms with E-state index in [2.05, 4.69) is 20.6 Å². The van der Waals surface area contributed by atoms with E-state index in [4.69, 9.17) is 10.5 Å². The number of H-pyrrole nitrogens is 1.